The van der Waals surface area contributed by atoms with E-state index >= 15 is 0 Å². The SMILES string of the molecule is CC(=O)c1c(C)nn(C(C)CC(=O)NCc2csc(N(C)C)n2)c1C. The van der Waals surface area contributed by atoms with Crippen molar-refractivity contribution < 1.29 is 9.59 Å². The fraction of sp³-hybridized carbons (Fsp3) is 0.529. The fourth-order valence-electron chi connectivity index (χ4n) is 2.80. The quantitative estimate of drug-likeness (QED) is 0.765. The van der Waals surface area contributed by atoms with Crippen LogP contribution < -0.4 is 10.2 Å². The lowest BCUT2D eigenvalue weighted by Gasteiger charge is -2.14. The summed E-state index contributed by atoms with van der Waals surface area (Å²) in [6.07, 6.45) is 0.296. The molecule has 0 aliphatic carbocycles. The van der Waals surface area contributed by atoms with Gasteiger partial charge in [-0.2, -0.15) is 5.10 Å². The molecule has 2 rings (SSSR count). The number of aromatic nitrogens is 3. The van der Waals surface area contributed by atoms with Crippen molar-refractivity contribution in [1.29, 1.82) is 0 Å². The van der Waals surface area contributed by atoms with Gasteiger partial charge in [0.15, 0.2) is 10.9 Å². The molecular formula is C17H25N5O2S. The van der Waals surface area contributed by atoms with Crippen molar-refractivity contribution in [2.75, 3.05) is 19.0 Å². The Morgan fingerprint density at radius 2 is 2.04 bits per heavy atom. The summed E-state index contributed by atoms with van der Waals surface area (Å²) in [6, 6.07) is -0.125. The van der Waals surface area contributed by atoms with Gasteiger partial charge in [0, 0.05) is 31.6 Å². The van der Waals surface area contributed by atoms with Crippen LogP contribution >= 0.6 is 11.3 Å². The van der Waals surface area contributed by atoms with Crippen molar-refractivity contribution in [2.24, 2.45) is 0 Å². The molecule has 0 spiro atoms. The first-order valence-electron chi connectivity index (χ1n) is 8.15. The minimum absolute atomic E-state index is 0.00173. The standard InChI is InChI=1S/C17H25N5O2S/c1-10(22-12(3)16(13(4)23)11(2)20-22)7-15(24)18-8-14-9-25-17(19-14)21(5)6/h9-10H,7-8H2,1-6H3,(H,18,24). The molecule has 1 N–H and O–H groups in total. The zero-order valence-electron chi connectivity index (χ0n) is 15.6. The van der Waals surface area contributed by atoms with Crippen LogP contribution in [0.25, 0.3) is 0 Å². The fourth-order valence-corrected chi connectivity index (χ4v) is 3.56. The van der Waals surface area contributed by atoms with Crippen LogP contribution in [0.4, 0.5) is 5.13 Å². The van der Waals surface area contributed by atoms with Crippen molar-refractivity contribution in [1.82, 2.24) is 20.1 Å². The number of aryl methyl sites for hydroxylation is 1. The Labute approximate surface area is 152 Å². The summed E-state index contributed by atoms with van der Waals surface area (Å²) >= 11 is 1.55. The van der Waals surface area contributed by atoms with Gasteiger partial charge < -0.3 is 10.2 Å². The summed E-state index contributed by atoms with van der Waals surface area (Å²) in [5.74, 6) is -0.0676. The summed E-state index contributed by atoms with van der Waals surface area (Å²) in [5.41, 5.74) is 3.00. The second-order valence-corrected chi connectivity index (χ2v) is 7.23. The largest absolute Gasteiger partial charge is 0.354 e. The van der Waals surface area contributed by atoms with Crippen molar-refractivity contribution >= 4 is 28.2 Å². The molecule has 1 atom stereocenters. The summed E-state index contributed by atoms with van der Waals surface area (Å²) < 4.78 is 1.76. The molecular weight excluding hydrogens is 338 g/mol. The molecule has 0 aromatic carbocycles. The van der Waals surface area contributed by atoms with Crippen LogP contribution in [-0.2, 0) is 11.3 Å². The van der Waals surface area contributed by atoms with E-state index in [4.69, 9.17) is 0 Å². The predicted molar refractivity (Wildman–Crippen MR) is 99.3 cm³/mol. The van der Waals surface area contributed by atoms with Gasteiger partial charge in [-0.3, -0.25) is 14.3 Å². The van der Waals surface area contributed by atoms with E-state index in [-0.39, 0.29) is 17.7 Å². The molecule has 25 heavy (non-hydrogen) atoms. The number of thiazole rings is 1. The molecule has 8 heteroatoms. The molecule has 0 saturated carbocycles. The first-order valence-corrected chi connectivity index (χ1v) is 9.03. The number of nitrogens with one attached hydrogen (secondary N) is 1. The predicted octanol–water partition coefficient (Wildman–Crippen LogP) is 2.49. The Kier molecular flexibility index (Phi) is 5.94. The maximum Gasteiger partial charge on any atom is 0.222 e. The number of Topliss-reactive ketones (excluding diaryl/α,β-unsaturated/α-hetero) is 1. The highest BCUT2D eigenvalue weighted by Crippen LogP contribution is 2.20. The third-order valence-corrected chi connectivity index (χ3v) is 5.02. The molecule has 0 fully saturated rings. The first-order chi connectivity index (χ1) is 11.7. The smallest absolute Gasteiger partial charge is 0.222 e. The molecule has 1 amide bonds. The van der Waals surface area contributed by atoms with E-state index in [1.807, 2.05) is 45.1 Å². The molecule has 0 radical (unpaired) electrons. The molecule has 136 valence electrons. The molecule has 0 saturated heterocycles. The Hall–Kier alpha value is -2.22. The number of nitrogens with zero attached hydrogens (tertiary/aromatic N) is 4. The van der Waals surface area contributed by atoms with Crippen LogP contribution in [0, 0.1) is 13.8 Å². The van der Waals surface area contributed by atoms with Gasteiger partial charge in [-0.1, -0.05) is 0 Å². The second-order valence-electron chi connectivity index (χ2n) is 6.39. The third kappa shape index (κ3) is 4.45. The maximum atomic E-state index is 12.2. The van der Waals surface area contributed by atoms with Crippen molar-refractivity contribution in [3.05, 3.63) is 28.0 Å². The van der Waals surface area contributed by atoms with Gasteiger partial charge in [0.25, 0.3) is 0 Å². The minimum Gasteiger partial charge on any atom is -0.354 e. The summed E-state index contributed by atoms with van der Waals surface area (Å²) in [5, 5.41) is 10.2. The lowest BCUT2D eigenvalue weighted by atomic mass is 10.1. The zero-order chi connectivity index (χ0) is 18.7. The lowest BCUT2D eigenvalue weighted by Crippen LogP contribution is -2.26. The van der Waals surface area contributed by atoms with Gasteiger partial charge in [-0.25, -0.2) is 4.98 Å². The zero-order valence-corrected chi connectivity index (χ0v) is 16.4. The van der Waals surface area contributed by atoms with E-state index in [1.165, 1.54) is 6.92 Å². The van der Waals surface area contributed by atoms with E-state index in [0.29, 0.717) is 24.2 Å². The third-order valence-electron chi connectivity index (χ3n) is 3.96. The Bertz CT molecular complexity index is 778. The summed E-state index contributed by atoms with van der Waals surface area (Å²) in [6.45, 7) is 7.55. The van der Waals surface area contributed by atoms with Crippen LogP contribution in [-0.4, -0.2) is 40.6 Å². The van der Waals surface area contributed by atoms with E-state index < -0.39 is 0 Å². The molecule has 2 heterocycles. The van der Waals surface area contributed by atoms with Gasteiger partial charge in [-0.15, -0.1) is 11.3 Å². The number of anilines is 1. The van der Waals surface area contributed by atoms with Gasteiger partial charge in [0.2, 0.25) is 5.91 Å². The first kappa shape index (κ1) is 19.1. The molecule has 1 unspecified atom stereocenters. The normalized spacial score (nSPS) is 12.1. The van der Waals surface area contributed by atoms with Crippen molar-refractivity contribution in [2.45, 2.75) is 46.7 Å². The number of hydrogen-bond acceptors (Lipinski definition) is 6. The number of amides is 1. The topological polar surface area (TPSA) is 80.1 Å². The minimum atomic E-state index is -0.125. The van der Waals surface area contributed by atoms with Gasteiger partial charge in [0.05, 0.1) is 29.5 Å². The van der Waals surface area contributed by atoms with Gasteiger partial charge >= 0.3 is 0 Å². The van der Waals surface area contributed by atoms with Gasteiger partial charge in [-0.05, 0) is 27.7 Å². The molecule has 0 bridgehead atoms. The lowest BCUT2D eigenvalue weighted by molar-refractivity contribution is -0.122. The number of rotatable bonds is 7. The average Bonchev–Trinajstić information content (AvgIpc) is 3.09. The van der Waals surface area contributed by atoms with Crippen molar-refractivity contribution in [3.63, 3.8) is 0 Å². The summed E-state index contributed by atoms with van der Waals surface area (Å²) in [4.78, 5) is 30.3. The van der Waals surface area contributed by atoms with Crippen LogP contribution in [0.3, 0.4) is 0 Å². The van der Waals surface area contributed by atoms with Crippen LogP contribution in [0.2, 0.25) is 0 Å². The van der Waals surface area contributed by atoms with E-state index in [1.54, 1.807) is 16.0 Å². The van der Waals surface area contributed by atoms with Crippen molar-refractivity contribution in [3.8, 4) is 0 Å². The number of ketones is 1. The van der Waals surface area contributed by atoms with E-state index in [2.05, 4.69) is 15.4 Å². The van der Waals surface area contributed by atoms with Crippen LogP contribution in [0.1, 0.15) is 53.7 Å². The highest BCUT2D eigenvalue weighted by molar-refractivity contribution is 7.13. The Morgan fingerprint density at radius 3 is 2.56 bits per heavy atom. The summed E-state index contributed by atoms with van der Waals surface area (Å²) in [7, 11) is 3.87. The van der Waals surface area contributed by atoms with Gasteiger partial charge in [0.1, 0.15) is 0 Å². The number of carbonyl (C=O) groups is 2. The Balaban J connectivity index is 1.96. The molecule has 0 aliphatic rings. The number of hydrogen-bond donors (Lipinski definition) is 1. The van der Waals surface area contributed by atoms with Crippen LogP contribution in [0.5, 0.6) is 0 Å². The Morgan fingerprint density at radius 1 is 1.36 bits per heavy atom. The highest BCUT2D eigenvalue weighted by Gasteiger charge is 2.20. The number of carbonyl (C=O) groups excluding carboxylic acids is 2. The molecule has 0 aliphatic heterocycles. The second kappa shape index (κ2) is 7.77. The highest BCUT2D eigenvalue weighted by atomic mass is 32.1. The van der Waals surface area contributed by atoms with E-state index in [9.17, 15) is 9.59 Å². The maximum absolute atomic E-state index is 12.2. The van der Waals surface area contributed by atoms with Crippen LogP contribution in [0.15, 0.2) is 5.38 Å². The molecule has 2 aromatic heterocycles. The molecule has 2 aromatic rings. The van der Waals surface area contributed by atoms with E-state index in [0.717, 1.165) is 16.5 Å². The average molecular weight is 363 g/mol. The monoisotopic (exact) mass is 363 g/mol. The molecule has 7 nitrogen and oxygen atoms in total.